The normalized spacial score (nSPS) is 24.3. The molecule has 3 aliphatic heterocycles. The topological polar surface area (TPSA) is 78.0 Å². The Kier molecular flexibility index (Phi) is 6.94. The van der Waals surface area contributed by atoms with Crippen LogP contribution in [0.25, 0.3) is 0 Å². The second kappa shape index (κ2) is 10.7. The fourth-order valence-electron chi connectivity index (χ4n) is 7.20. The number of anilines is 1. The largest absolute Gasteiger partial charge is 0.332 e. The molecule has 7 rings (SSSR count). The Balaban J connectivity index is 1.45. The van der Waals surface area contributed by atoms with Crippen molar-refractivity contribution < 1.29 is 19.2 Å². The van der Waals surface area contributed by atoms with E-state index in [1.54, 1.807) is 42.5 Å². The van der Waals surface area contributed by atoms with Crippen molar-refractivity contribution in [3.63, 3.8) is 0 Å². The molecule has 3 heterocycles. The number of amides is 5. The van der Waals surface area contributed by atoms with Gasteiger partial charge in [-0.15, -0.1) is 0 Å². The minimum absolute atomic E-state index is 0.0426. The number of urea groups is 1. The number of likely N-dealkylation sites (tertiary alicyclic amines) is 1. The van der Waals surface area contributed by atoms with E-state index in [1.165, 1.54) is 9.80 Å². The monoisotopic (exact) mass is 667 g/mol. The van der Waals surface area contributed by atoms with Crippen LogP contribution >= 0.6 is 27.5 Å². The zero-order valence-corrected chi connectivity index (χ0v) is 26.0. The number of carbonyl (C=O) groups is 4. The summed E-state index contributed by atoms with van der Waals surface area (Å²) in [4.78, 5) is 62.4. The Labute approximate surface area is 268 Å². The first-order chi connectivity index (χ1) is 21.2. The number of hydrogen-bond acceptors (Lipinski definition) is 4. The average molecular weight is 669 g/mol. The molecule has 44 heavy (non-hydrogen) atoms. The van der Waals surface area contributed by atoms with Gasteiger partial charge in [-0.25, -0.2) is 9.69 Å². The van der Waals surface area contributed by atoms with Gasteiger partial charge in [-0.1, -0.05) is 106 Å². The van der Waals surface area contributed by atoms with E-state index in [0.29, 0.717) is 20.7 Å². The molecule has 7 nitrogen and oxygen atoms in total. The molecular formula is C35H27BrClN3O4. The maximum absolute atomic E-state index is 14.9. The molecule has 3 saturated heterocycles. The maximum Gasteiger partial charge on any atom is 0.332 e. The predicted molar refractivity (Wildman–Crippen MR) is 170 cm³/mol. The van der Waals surface area contributed by atoms with Gasteiger partial charge in [0.25, 0.3) is 5.91 Å². The molecule has 4 atom stereocenters. The molecule has 4 aromatic carbocycles. The molecule has 3 aliphatic rings. The first kappa shape index (κ1) is 28.5. The molecule has 0 saturated carbocycles. The summed E-state index contributed by atoms with van der Waals surface area (Å²) in [6.07, 6.45) is 0.0426. The summed E-state index contributed by atoms with van der Waals surface area (Å²) >= 11 is 9.67. The van der Waals surface area contributed by atoms with Crippen LogP contribution in [0.15, 0.2) is 108 Å². The van der Waals surface area contributed by atoms with E-state index in [2.05, 4.69) is 15.9 Å². The van der Waals surface area contributed by atoms with Crippen LogP contribution < -0.4 is 4.90 Å². The minimum atomic E-state index is -1.65. The molecule has 0 spiro atoms. The highest BCUT2D eigenvalue weighted by molar-refractivity contribution is 9.10. The lowest BCUT2D eigenvalue weighted by atomic mass is 9.75. The van der Waals surface area contributed by atoms with Crippen LogP contribution in [0.2, 0.25) is 5.02 Å². The van der Waals surface area contributed by atoms with E-state index >= 15 is 0 Å². The summed E-state index contributed by atoms with van der Waals surface area (Å²) < 4.78 is 0.698. The molecule has 3 fully saturated rings. The van der Waals surface area contributed by atoms with Crippen molar-refractivity contribution >= 4 is 57.0 Å². The highest BCUT2D eigenvalue weighted by Crippen LogP contribution is 2.60. The number of hydrogen-bond donors (Lipinski definition) is 0. The number of fused-ring (bicyclic) bond motifs is 3. The fraction of sp³-hybridized carbons (Fsp3) is 0.200. The third-order valence-corrected chi connectivity index (χ3v) is 9.74. The molecule has 0 aliphatic carbocycles. The Morgan fingerprint density at radius 1 is 0.795 bits per heavy atom. The van der Waals surface area contributed by atoms with Crippen molar-refractivity contribution in [3.8, 4) is 0 Å². The average Bonchev–Trinajstić information content (AvgIpc) is 3.53. The van der Waals surface area contributed by atoms with Gasteiger partial charge < -0.3 is 4.90 Å². The van der Waals surface area contributed by atoms with Gasteiger partial charge in [-0.3, -0.25) is 19.3 Å². The molecule has 0 aromatic heterocycles. The molecule has 5 amide bonds. The summed E-state index contributed by atoms with van der Waals surface area (Å²) in [5.41, 5.74) is 1.91. The second-order valence-corrected chi connectivity index (χ2v) is 13.0. The number of halogens is 2. The molecule has 4 aromatic rings. The van der Waals surface area contributed by atoms with Crippen LogP contribution in [0, 0.1) is 18.8 Å². The lowest BCUT2D eigenvalue weighted by Crippen LogP contribution is -2.55. The van der Waals surface area contributed by atoms with Crippen molar-refractivity contribution in [1.29, 1.82) is 0 Å². The quantitative estimate of drug-likeness (QED) is 0.169. The van der Waals surface area contributed by atoms with Gasteiger partial charge in [-0.2, -0.15) is 0 Å². The van der Waals surface area contributed by atoms with Gasteiger partial charge in [0.2, 0.25) is 11.8 Å². The lowest BCUT2D eigenvalue weighted by molar-refractivity contribution is -0.144. The van der Waals surface area contributed by atoms with Crippen LogP contribution in [0.1, 0.15) is 28.3 Å². The Morgan fingerprint density at radius 3 is 2.23 bits per heavy atom. The first-order valence-electron chi connectivity index (χ1n) is 14.3. The van der Waals surface area contributed by atoms with Crippen molar-refractivity contribution in [2.45, 2.75) is 31.5 Å². The molecule has 0 radical (unpaired) electrons. The van der Waals surface area contributed by atoms with Crippen LogP contribution in [0.4, 0.5) is 10.5 Å². The molecule has 220 valence electrons. The Bertz CT molecular complexity index is 1830. The van der Waals surface area contributed by atoms with Gasteiger partial charge in [0.15, 0.2) is 0 Å². The van der Waals surface area contributed by atoms with Gasteiger partial charge in [0.05, 0.1) is 30.1 Å². The first-order valence-corrected chi connectivity index (χ1v) is 15.5. The van der Waals surface area contributed by atoms with Gasteiger partial charge in [0.1, 0.15) is 5.54 Å². The van der Waals surface area contributed by atoms with Gasteiger partial charge in [-0.05, 0) is 53.9 Å². The zero-order valence-electron chi connectivity index (χ0n) is 23.7. The predicted octanol–water partition coefficient (Wildman–Crippen LogP) is 6.72. The van der Waals surface area contributed by atoms with Crippen LogP contribution in [-0.4, -0.2) is 39.1 Å². The summed E-state index contributed by atoms with van der Waals surface area (Å²) in [6.45, 7) is 2.02. The highest BCUT2D eigenvalue weighted by atomic mass is 79.9. The Hall–Kier alpha value is -4.27. The number of rotatable bonds is 6. The number of carbonyl (C=O) groups excluding carboxylic acids is 4. The maximum atomic E-state index is 14.9. The second-order valence-electron chi connectivity index (χ2n) is 11.6. The molecular weight excluding hydrogens is 642 g/mol. The van der Waals surface area contributed by atoms with E-state index < -0.39 is 41.3 Å². The summed E-state index contributed by atoms with van der Waals surface area (Å²) in [6, 6.07) is 29.5. The van der Waals surface area contributed by atoms with E-state index in [4.69, 9.17) is 11.6 Å². The van der Waals surface area contributed by atoms with Crippen LogP contribution in [0.5, 0.6) is 0 Å². The van der Waals surface area contributed by atoms with E-state index in [1.807, 2.05) is 67.6 Å². The van der Waals surface area contributed by atoms with Crippen molar-refractivity contribution in [2.24, 2.45) is 11.8 Å². The minimum Gasteiger partial charge on any atom is -0.300 e. The van der Waals surface area contributed by atoms with Crippen LogP contribution in [0.3, 0.4) is 0 Å². The number of aryl methyl sites for hydroxylation is 1. The molecule has 0 unspecified atom stereocenters. The highest BCUT2D eigenvalue weighted by Gasteiger charge is 2.77. The van der Waals surface area contributed by atoms with Crippen molar-refractivity contribution in [1.82, 2.24) is 9.80 Å². The third-order valence-electron chi connectivity index (χ3n) is 9.00. The van der Waals surface area contributed by atoms with Gasteiger partial charge in [0, 0.05) is 15.9 Å². The summed E-state index contributed by atoms with van der Waals surface area (Å²) in [5.74, 6) is -3.38. The molecule has 0 bridgehead atoms. The fourth-order valence-corrected chi connectivity index (χ4v) is 7.72. The van der Waals surface area contributed by atoms with Crippen molar-refractivity contribution in [3.05, 3.63) is 135 Å². The third kappa shape index (κ3) is 4.31. The van der Waals surface area contributed by atoms with E-state index in [-0.39, 0.29) is 18.9 Å². The molecule has 9 heteroatoms. The van der Waals surface area contributed by atoms with Crippen molar-refractivity contribution in [2.75, 3.05) is 4.90 Å². The number of nitrogens with zero attached hydrogens (tertiary/aromatic N) is 3. The van der Waals surface area contributed by atoms with Crippen LogP contribution in [-0.2, 0) is 27.3 Å². The smallest absolute Gasteiger partial charge is 0.300 e. The van der Waals surface area contributed by atoms with E-state index in [9.17, 15) is 19.2 Å². The summed E-state index contributed by atoms with van der Waals surface area (Å²) in [7, 11) is 0. The van der Waals surface area contributed by atoms with Gasteiger partial charge >= 0.3 is 6.03 Å². The number of imide groups is 2. The zero-order chi connectivity index (χ0) is 30.7. The summed E-state index contributed by atoms with van der Waals surface area (Å²) in [5, 5.41) is 0.524. The molecule has 0 N–H and O–H groups in total. The SMILES string of the molecule is Cc1cccc([C@@H]2[C@@H]3C(=O)N(Cc4ccccc4)C(=O)[C@@H]3[C@]3(Cc4ccc(Cl)cc4)C(=O)N(c4cccc(Br)c4)C(=O)N23)c1. The Morgan fingerprint density at radius 2 is 1.52 bits per heavy atom. The number of benzene rings is 4. The standard InChI is InChI=1S/C35H27BrClN3O4/c1-21-7-5-10-24(17-21)30-28-29(32(42)38(31(28)41)20-23-8-3-2-4-9-23)35(19-22-13-15-26(37)16-14-22)33(43)39(34(44)40(30)35)27-12-6-11-25(36)18-27/h2-18,28-30H,19-20H2,1H3/t28-,29-,30-,35-/m1/s1. The van der Waals surface area contributed by atoms with E-state index in [0.717, 1.165) is 21.6 Å². The lowest BCUT2D eigenvalue weighted by Gasteiger charge is -2.35.